The van der Waals surface area contributed by atoms with Crippen LogP contribution in [0.4, 0.5) is 0 Å². The smallest absolute Gasteiger partial charge is 0.239 e. The van der Waals surface area contributed by atoms with Crippen molar-refractivity contribution in [3.05, 3.63) is 52.3 Å². The Morgan fingerprint density at radius 3 is 2.65 bits per heavy atom. The summed E-state index contributed by atoms with van der Waals surface area (Å²) in [5.41, 5.74) is 8.57. The fourth-order valence-electron chi connectivity index (χ4n) is 3.59. The fourth-order valence-corrected chi connectivity index (χ4v) is 3.89. The summed E-state index contributed by atoms with van der Waals surface area (Å²) >= 11 is 6.45. The number of aryl methyl sites for hydroxylation is 2. The normalized spacial score (nSPS) is 19.9. The largest absolute Gasteiger partial charge is 0.368 e. The Morgan fingerprint density at radius 1 is 1.39 bits per heavy atom. The van der Waals surface area contributed by atoms with Crippen LogP contribution in [0.5, 0.6) is 0 Å². The number of rotatable bonds is 4. The molecule has 1 amide bonds. The van der Waals surface area contributed by atoms with Crippen LogP contribution in [0.3, 0.4) is 0 Å². The minimum atomic E-state index is -0.445. The van der Waals surface area contributed by atoms with Crippen molar-refractivity contribution in [2.24, 2.45) is 12.8 Å². The summed E-state index contributed by atoms with van der Waals surface area (Å²) in [6.45, 7) is 2.78. The van der Waals surface area contributed by atoms with Gasteiger partial charge in [-0.3, -0.25) is 14.4 Å². The van der Waals surface area contributed by atoms with Crippen LogP contribution in [-0.2, 0) is 11.8 Å². The highest BCUT2D eigenvalue weighted by Crippen LogP contribution is 2.42. The monoisotopic (exact) mass is 332 g/mol. The van der Waals surface area contributed by atoms with Crippen LogP contribution < -0.4 is 5.73 Å². The molecule has 122 valence electrons. The number of aromatic nitrogens is 2. The van der Waals surface area contributed by atoms with Crippen molar-refractivity contribution in [2.45, 2.75) is 31.8 Å². The van der Waals surface area contributed by atoms with Crippen LogP contribution in [-0.4, -0.2) is 27.1 Å². The molecule has 0 saturated carbocycles. The van der Waals surface area contributed by atoms with Crippen molar-refractivity contribution in [1.29, 1.82) is 0 Å². The average Bonchev–Trinajstić information content (AvgIpc) is 3.06. The van der Waals surface area contributed by atoms with Gasteiger partial charge in [0.2, 0.25) is 5.91 Å². The molecular formula is C17H21ClN4O. The topological polar surface area (TPSA) is 64.2 Å². The van der Waals surface area contributed by atoms with Gasteiger partial charge in [0.15, 0.2) is 0 Å². The molecule has 1 saturated heterocycles. The highest BCUT2D eigenvalue weighted by molar-refractivity contribution is 6.30. The highest BCUT2D eigenvalue weighted by Gasteiger charge is 2.38. The molecule has 3 rings (SSSR count). The summed E-state index contributed by atoms with van der Waals surface area (Å²) in [5, 5.41) is 5.04. The van der Waals surface area contributed by atoms with E-state index in [1.54, 1.807) is 4.68 Å². The van der Waals surface area contributed by atoms with Crippen molar-refractivity contribution in [3.63, 3.8) is 0 Å². The maximum atomic E-state index is 12.2. The number of carbonyl (C=O) groups is 1. The summed E-state index contributed by atoms with van der Waals surface area (Å²) in [6.07, 6.45) is 1.95. The molecule has 1 aromatic carbocycles. The first-order valence-corrected chi connectivity index (χ1v) is 8.17. The van der Waals surface area contributed by atoms with Gasteiger partial charge in [0, 0.05) is 18.7 Å². The van der Waals surface area contributed by atoms with E-state index >= 15 is 0 Å². The van der Waals surface area contributed by atoms with Gasteiger partial charge in [-0.25, -0.2) is 0 Å². The number of amides is 1. The summed E-state index contributed by atoms with van der Waals surface area (Å²) in [4.78, 5) is 14.3. The van der Waals surface area contributed by atoms with Gasteiger partial charge < -0.3 is 5.73 Å². The lowest BCUT2D eigenvalue weighted by atomic mass is 10.0. The van der Waals surface area contributed by atoms with E-state index in [1.165, 1.54) is 0 Å². The summed E-state index contributed by atoms with van der Waals surface area (Å²) in [6, 6.07) is 9.31. The molecule has 23 heavy (non-hydrogen) atoms. The Labute approximate surface area is 141 Å². The Bertz CT molecular complexity index is 713. The van der Waals surface area contributed by atoms with Crippen molar-refractivity contribution in [3.8, 4) is 0 Å². The molecule has 1 aliphatic rings. The summed E-state index contributed by atoms with van der Waals surface area (Å²) in [7, 11) is 1.83. The number of nitrogens with zero attached hydrogens (tertiary/aromatic N) is 3. The lowest BCUT2D eigenvalue weighted by Crippen LogP contribution is -2.37. The molecule has 2 unspecified atom stereocenters. The zero-order valence-corrected chi connectivity index (χ0v) is 14.1. The van der Waals surface area contributed by atoms with Gasteiger partial charge in [0.1, 0.15) is 11.2 Å². The van der Waals surface area contributed by atoms with Gasteiger partial charge >= 0.3 is 0 Å². The van der Waals surface area contributed by atoms with Gasteiger partial charge in [-0.15, -0.1) is 0 Å². The van der Waals surface area contributed by atoms with Crippen molar-refractivity contribution in [1.82, 2.24) is 14.7 Å². The van der Waals surface area contributed by atoms with Crippen LogP contribution in [0, 0.1) is 6.92 Å². The molecule has 6 heteroatoms. The first-order valence-electron chi connectivity index (χ1n) is 7.79. The van der Waals surface area contributed by atoms with Crippen molar-refractivity contribution < 1.29 is 4.79 Å². The molecule has 1 fully saturated rings. The number of carbonyl (C=O) groups excluding carboxylic acids is 1. The number of nitrogens with two attached hydrogens (primary N) is 1. The SMILES string of the molecule is Cc1nn(C)c(Cl)c1C1CCCN1C(C(N)=O)c1ccccc1. The van der Waals surface area contributed by atoms with Crippen molar-refractivity contribution >= 4 is 17.5 Å². The molecule has 2 aromatic rings. The van der Waals surface area contributed by atoms with E-state index in [9.17, 15) is 4.79 Å². The molecule has 2 atom stereocenters. The Balaban J connectivity index is 2.01. The second-order valence-electron chi connectivity index (χ2n) is 6.02. The highest BCUT2D eigenvalue weighted by atomic mass is 35.5. The van der Waals surface area contributed by atoms with Crippen LogP contribution in [0.2, 0.25) is 5.15 Å². The maximum absolute atomic E-state index is 12.2. The number of hydrogen-bond donors (Lipinski definition) is 1. The standard InChI is InChI=1S/C17H21ClN4O/c1-11-14(16(18)21(2)20-11)13-9-6-10-22(13)15(17(19)23)12-7-4-3-5-8-12/h3-5,7-8,13,15H,6,9-10H2,1-2H3,(H2,19,23). The van der Waals surface area contributed by atoms with Gasteiger partial charge in [0.05, 0.1) is 5.69 Å². The molecule has 1 aromatic heterocycles. The second kappa shape index (κ2) is 6.34. The van der Waals surface area contributed by atoms with Crippen LogP contribution >= 0.6 is 11.6 Å². The minimum Gasteiger partial charge on any atom is -0.368 e. The number of primary amides is 1. The Morgan fingerprint density at radius 2 is 2.09 bits per heavy atom. The molecular weight excluding hydrogens is 312 g/mol. The molecule has 2 heterocycles. The van der Waals surface area contributed by atoms with Crippen LogP contribution in [0.25, 0.3) is 0 Å². The predicted molar refractivity (Wildman–Crippen MR) is 90.0 cm³/mol. The van der Waals surface area contributed by atoms with Crippen molar-refractivity contribution in [2.75, 3.05) is 6.54 Å². The number of benzene rings is 1. The summed E-state index contributed by atoms with van der Waals surface area (Å²) in [5.74, 6) is -0.333. The Kier molecular flexibility index (Phi) is 4.41. The number of likely N-dealkylation sites (tertiary alicyclic amines) is 1. The van der Waals surface area contributed by atoms with E-state index in [0.29, 0.717) is 5.15 Å². The predicted octanol–water partition coefficient (Wildman–Crippen LogP) is 2.75. The molecule has 0 radical (unpaired) electrons. The van der Waals surface area contributed by atoms with Gasteiger partial charge in [-0.05, 0) is 31.9 Å². The minimum absolute atomic E-state index is 0.0638. The Hall–Kier alpha value is -1.85. The zero-order valence-electron chi connectivity index (χ0n) is 13.4. The van der Waals surface area contributed by atoms with Crippen LogP contribution in [0.15, 0.2) is 30.3 Å². The molecule has 1 aliphatic heterocycles. The number of hydrogen-bond acceptors (Lipinski definition) is 3. The third-order valence-electron chi connectivity index (χ3n) is 4.54. The van der Waals surface area contributed by atoms with E-state index in [2.05, 4.69) is 10.00 Å². The first kappa shape index (κ1) is 16.0. The quantitative estimate of drug-likeness (QED) is 0.936. The van der Waals surface area contributed by atoms with Gasteiger partial charge in [-0.2, -0.15) is 5.10 Å². The molecule has 0 spiro atoms. The molecule has 0 aliphatic carbocycles. The summed E-state index contributed by atoms with van der Waals surface area (Å²) < 4.78 is 1.69. The van der Waals surface area contributed by atoms with E-state index in [1.807, 2.05) is 44.3 Å². The first-order chi connectivity index (χ1) is 11.0. The van der Waals surface area contributed by atoms with E-state index in [-0.39, 0.29) is 11.9 Å². The average molecular weight is 333 g/mol. The molecule has 5 nitrogen and oxygen atoms in total. The lowest BCUT2D eigenvalue weighted by molar-refractivity contribution is -0.123. The second-order valence-corrected chi connectivity index (χ2v) is 6.38. The van der Waals surface area contributed by atoms with E-state index in [4.69, 9.17) is 17.3 Å². The van der Waals surface area contributed by atoms with E-state index < -0.39 is 6.04 Å². The van der Waals surface area contributed by atoms with Crippen LogP contribution in [0.1, 0.15) is 41.7 Å². The zero-order chi connectivity index (χ0) is 16.6. The lowest BCUT2D eigenvalue weighted by Gasteiger charge is -2.31. The molecule has 0 bridgehead atoms. The maximum Gasteiger partial charge on any atom is 0.239 e. The number of halogens is 1. The fraction of sp³-hybridized carbons (Fsp3) is 0.412. The van der Waals surface area contributed by atoms with E-state index in [0.717, 1.165) is 36.2 Å². The third kappa shape index (κ3) is 2.86. The third-order valence-corrected chi connectivity index (χ3v) is 4.99. The molecule has 2 N–H and O–H groups in total. The van der Waals surface area contributed by atoms with Gasteiger partial charge in [0.25, 0.3) is 0 Å². The van der Waals surface area contributed by atoms with Gasteiger partial charge in [-0.1, -0.05) is 41.9 Å².